The van der Waals surface area contributed by atoms with Crippen LogP contribution in [0.25, 0.3) is 0 Å². The van der Waals surface area contributed by atoms with Crippen LogP contribution in [0.4, 0.5) is 0 Å². The molecule has 6 heteroatoms. The lowest BCUT2D eigenvalue weighted by molar-refractivity contribution is -0.231. The van der Waals surface area contributed by atoms with Crippen molar-refractivity contribution in [2.75, 3.05) is 6.61 Å². The second-order valence-corrected chi connectivity index (χ2v) is 11.0. The molecule has 0 aromatic heterocycles. The molecule has 9 atom stereocenters. The van der Waals surface area contributed by atoms with Gasteiger partial charge in [-0.25, -0.2) is 4.79 Å². The van der Waals surface area contributed by atoms with Crippen molar-refractivity contribution in [3.63, 3.8) is 0 Å². The van der Waals surface area contributed by atoms with Crippen LogP contribution in [-0.4, -0.2) is 51.5 Å². The number of fused-ring (bicyclic) bond motifs is 1. The maximum atomic E-state index is 11.7. The summed E-state index contributed by atoms with van der Waals surface area (Å²) in [6.07, 6.45) is 7.10. The van der Waals surface area contributed by atoms with E-state index in [1.165, 1.54) is 0 Å². The van der Waals surface area contributed by atoms with Crippen molar-refractivity contribution < 1.29 is 29.6 Å². The molecule has 0 aromatic carbocycles. The average Bonchev–Trinajstić information content (AvgIpc) is 3.29. The van der Waals surface area contributed by atoms with Gasteiger partial charge in [0.05, 0.1) is 22.7 Å². The molecule has 4 saturated carbocycles. The predicted octanol–water partition coefficient (Wildman–Crippen LogP) is 2.06. The molecule has 1 spiro atoms. The lowest BCUT2D eigenvalue weighted by atomic mass is 9.42. The molecule has 6 rings (SSSR count). The Hall–Kier alpha value is -0.950. The first-order valence-electron chi connectivity index (χ1n) is 11.4. The highest BCUT2D eigenvalue weighted by molar-refractivity contribution is 5.85. The molecule has 1 unspecified atom stereocenters. The summed E-state index contributed by atoms with van der Waals surface area (Å²) in [5, 5.41) is 33.1. The van der Waals surface area contributed by atoms with Gasteiger partial charge < -0.3 is 24.8 Å². The van der Waals surface area contributed by atoms with Crippen molar-refractivity contribution in [1.29, 1.82) is 0 Å². The number of hydrogen-bond donors (Lipinski definition) is 3. The molecule has 0 aromatic rings. The van der Waals surface area contributed by atoms with E-state index < -0.39 is 29.0 Å². The van der Waals surface area contributed by atoms with Gasteiger partial charge in [0.15, 0.2) is 6.29 Å². The fraction of sp³-hybridized carbons (Fsp3) is 0.870. The second kappa shape index (κ2) is 5.64. The van der Waals surface area contributed by atoms with Gasteiger partial charge >= 0.3 is 5.97 Å². The zero-order chi connectivity index (χ0) is 20.2. The molecule has 0 amide bonds. The van der Waals surface area contributed by atoms with Crippen molar-refractivity contribution in [2.45, 2.75) is 88.3 Å². The van der Waals surface area contributed by atoms with Crippen molar-refractivity contribution in [3.05, 3.63) is 11.6 Å². The summed E-state index contributed by atoms with van der Waals surface area (Å²) in [6.45, 7) is 2.75. The third-order valence-electron chi connectivity index (χ3n) is 10.3. The van der Waals surface area contributed by atoms with Crippen LogP contribution >= 0.6 is 0 Å². The minimum absolute atomic E-state index is 0.0190. The van der Waals surface area contributed by atoms with Crippen LogP contribution in [0.3, 0.4) is 0 Å². The minimum atomic E-state index is -1.05. The first-order chi connectivity index (χ1) is 13.8. The molecule has 1 saturated heterocycles. The van der Waals surface area contributed by atoms with Gasteiger partial charge in [0.25, 0.3) is 0 Å². The molecule has 2 heterocycles. The summed E-state index contributed by atoms with van der Waals surface area (Å²) in [6, 6.07) is 0. The topological polar surface area (TPSA) is 96.2 Å². The van der Waals surface area contributed by atoms with Gasteiger partial charge in [-0.1, -0.05) is 6.92 Å². The molecule has 5 fully saturated rings. The number of carbonyl (C=O) groups is 1. The highest BCUT2D eigenvalue weighted by atomic mass is 16.6. The highest BCUT2D eigenvalue weighted by Crippen LogP contribution is 2.75. The number of ether oxygens (including phenoxy) is 2. The number of esters is 1. The van der Waals surface area contributed by atoms with E-state index in [2.05, 4.69) is 6.92 Å². The third-order valence-corrected chi connectivity index (χ3v) is 10.3. The van der Waals surface area contributed by atoms with Crippen LogP contribution in [0.1, 0.15) is 64.7 Å². The number of aliphatic hydroxyl groups excluding tert-OH is 2. The summed E-state index contributed by atoms with van der Waals surface area (Å²) < 4.78 is 11.8. The maximum Gasteiger partial charge on any atom is 0.331 e. The van der Waals surface area contributed by atoms with Crippen LogP contribution in [0.5, 0.6) is 0 Å². The van der Waals surface area contributed by atoms with Gasteiger partial charge in [0, 0.05) is 18.4 Å². The standard InChI is InChI=1S/C23H32O6/c1-20-6-5-17-22-7-4-14(24)11-21(22,27)8-9-23(17,29-19(22)26)16(20)3-2-15(20)13-10-18(25)28-12-13/h10,14-17,19,24,26-27H,2-9,11-12H2,1H3/t14-,15+,16-,17+,19?,20+,21-,22+,23+/m0/s1. The molecular weight excluding hydrogens is 372 g/mol. The van der Waals surface area contributed by atoms with E-state index in [-0.39, 0.29) is 17.3 Å². The average molecular weight is 405 g/mol. The van der Waals surface area contributed by atoms with Crippen LogP contribution in [0, 0.1) is 28.6 Å². The second-order valence-electron chi connectivity index (χ2n) is 11.0. The molecular formula is C23H32O6. The van der Waals surface area contributed by atoms with Crippen LogP contribution in [-0.2, 0) is 14.3 Å². The van der Waals surface area contributed by atoms with Gasteiger partial charge in [-0.15, -0.1) is 0 Å². The first kappa shape index (κ1) is 18.8. The minimum Gasteiger partial charge on any atom is -0.458 e. The monoisotopic (exact) mass is 404 g/mol. The number of aliphatic hydroxyl groups is 3. The Bertz CT molecular complexity index is 794. The highest BCUT2D eigenvalue weighted by Gasteiger charge is 2.79. The van der Waals surface area contributed by atoms with Gasteiger partial charge in [-0.2, -0.15) is 0 Å². The fourth-order valence-corrected chi connectivity index (χ4v) is 9.19. The Morgan fingerprint density at radius 2 is 1.86 bits per heavy atom. The number of hydrogen-bond acceptors (Lipinski definition) is 6. The summed E-state index contributed by atoms with van der Waals surface area (Å²) in [7, 11) is 0. The molecule has 6 nitrogen and oxygen atoms in total. The van der Waals surface area contributed by atoms with Crippen molar-refractivity contribution in [3.8, 4) is 0 Å². The molecule has 160 valence electrons. The number of carbonyl (C=O) groups excluding carboxylic acids is 1. The van der Waals surface area contributed by atoms with E-state index in [4.69, 9.17) is 9.47 Å². The van der Waals surface area contributed by atoms with Crippen molar-refractivity contribution in [2.24, 2.45) is 28.6 Å². The quantitative estimate of drug-likeness (QED) is 0.579. The third kappa shape index (κ3) is 2.05. The van der Waals surface area contributed by atoms with E-state index in [0.29, 0.717) is 44.1 Å². The van der Waals surface area contributed by atoms with Gasteiger partial charge in [-0.05, 0) is 74.2 Å². The molecule has 2 aliphatic heterocycles. The molecule has 29 heavy (non-hydrogen) atoms. The summed E-state index contributed by atoms with van der Waals surface area (Å²) in [4.78, 5) is 11.7. The molecule has 4 aliphatic carbocycles. The van der Waals surface area contributed by atoms with Crippen molar-refractivity contribution in [1.82, 2.24) is 0 Å². The van der Waals surface area contributed by atoms with E-state index >= 15 is 0 Å². The predicted molar refractivity (Wildman–Crippen MR) is 102 cm³/mol. The fourth-order valence-electron chi connectivity index (χ4n) is 9.19. The number of rotatable bonds is 1. The van der Waals surface area contributed by atoms with E-state index in [9.17, 15) is 20.1 Å². The normalized spacial score (nSPS) is 58.3. The molecule has 2 bridgehead atoms. The zero-order valence-corrected chi connectivity index (χ0v) is 17.1. The van der Waals surface area contributed by atoms with Crippen LogP contribution in [0.15, 0.2) is 11.6 Å². The summed E-state index contributed by atoms with van der Waals surface area (Å²) in [5.74, 6) is 0.527. The van der Waals surface area contributed by atoms with E-state index in [1.807, 2.05) is 0 Å². The van der Waals surface area contributed by atoms with E-state index in [0.717, 1.165) is 37.7 Å². The Morgan fingerprint density at radius 3 is 2.62 bits per heavy atom. The summed E-state index contributed by atoms with van der Waals surface area (Å²) >= 11 is 0. The van der Waals surface area contributed by atoms with E-state index in [1.54, 1.807) is 6.08 Å². The Kier molecular flexibility index (Phi) is 3.65. The Balaban J connectivity index is 1.40. The summed E-state index contributed by atoms with van der Waals surface area (Å²) in [5.41, 5.74) is -0.967. The maximum absolute atomic E-state index is 11.7. The van der Waals surface area contributed by atoms with Gasteiger partial charge in [0.2, 0.25) is 0 Å². The van der Waals surface area contributed by atoms with Crippen LogP contribution < -0.4 is 0 Å². The lowest BCUT2D eigenvalue weighted by Crippen LogP contribution is -2.67. The first-order valence-corrected chi connectivity index (χ1v) is 11.4. The van der Waals surface area contributed by atoms with Crippen molar-refractivity contribution >= 4 is 5.97 Å². The smallest absolute Gasteiger partial charge is 0.331 e. The van der Waals surface area contributed by atoms with Crippen LogP contribution in [0.2, 0.25) is 0 Å². The molecule has 6 aliphatic rings. The van der Waals surface area contributed by atoms with Gasteiger partial charge in [0.1, 0.15) is 6.61 Å². The Labute approximate surface area is 171 Å². The number of cyclic esters (lactones) is 1. The zero-order valence-electron chi connectivity index (χ0n) is 17.1. The SMILES string of the molecule is C[C@]12CC[C@H]3[C@@]4(CC[C@]5(O)C[C@@H](O)CC[C@]35C(O)O4)[C@H]1CC[C@@H]2C1=CC(=O)OC1. The Morgan fingerprint density at radius 1 is 1.03 bits per heavy atom. The lowest BCUT2D eigenvalue weighted by Gasteiger charge is -2.63. The molecule has 0 radical (unpaired) electrons. The van der Waals surface area contributed by atoms with Gasteiger partial charge in [-0.3, -0.25) is 0 Å². The largest absolute Gasteiger partial charge is 0.458 e. The molecule has 3 N–H and O–H groups in total.